The van der Waals surface area contributed by atoms with Gasteiger partial charge in [0.25, 0.3) is 5.69 Å². The number of benzene rings is 3. The molecule has 4 rings (SSSR count). The second kappa shape index (κ2) is 6.87. The van der Waals surface area contributed by atoms with Crippen LogP contribution in [0.25, 0.3) is 11.0 Å². The van der Waals surface area contributed by atoms with E-state index in [4.69, 9.17) is 0 Å². The van der Waals surface area contributed by atoms with E-state index in [1.807, 2.05) is 55.5 Å². The van der Waals surface area contributed by atoms with E-state index in [2.05, 4.69) is 15.6 Å². The molecule has 0 radical (unpaired) electrons. The SMILES string of the molecule is Cc1ccc(N[C@@H](c2ccc([N+](=O)[O-])cc2)n2nnc3ccccc32)cc1. The van der Waals surface area contributed by atoms with Crippen molar-refractivity contribution in [3.8, 4) is 0 Å². The van der Waals surface area contributed by atoms with Gasteiger partial charge in [-0.3, -0.25) is 10.1 Å². The van der Waals surface area contributed by atoms with Crippen LogP contribution in [-0.2, 0) is 0 Å². The topological polar surface area (TPSA) is 85.9 Å². The Hall–Kier alpha value is -3.74. The van der Waals surface area contributed by atoms with Gasteiger partial charge < -0.3 is 5.32 Å². The summed E-state index contributed by atoms with van der Waals surface area (Å²) >= 11 is 0. The zero-order valence-electron chi connectivity index (χ0n) is 14.6. The lowest BCUT2D eigenvalue weighted by atomic mass is 10.1. The largest absolute Gasteiger partial charge is 0.360 e. The second-order valence-electron chi connectivity index (χ2n) is 6.28. The monoisotopic (exact) mass is 359 g/mol. The van der Waals surface area contributed by atoms with Gasteiger partial charge in [-0.05, 0) is 48.9 Å². The van der Waals surface area contributed by atoms with Crippen LogP contribution in [0.4, 0.5) is 11.4 Å². The molecule has 0 saturated carbocycles. The summed E-state index contributed by atoms with van der Waals surface area (Å²) in [4.78, 5) is 10.6. The molecule has 0 spiro atoms. The van der Waals surface area contributed by atoms with E-state index in [-0.39, 0.29) is 11.9 Å². The summed E-state index contributed by atoms with van der Waals surface area (Å²) in [5, 5.41) is 23.0. The van der Waals surface area contributed by atoms with E-state index >= 15 is 0 Å². The van der Waals surface area contributed by atoms with Gasteiger partial charge in [-0.1, -0.05) is 35.0 Å². The smallest absolute Gasteiger partial charge is 0.269 e. The highest BCUT2D eigenvalue weighted by Crippen LogP contribution is 2.26. The molecule has 1 aromatic heterocycles. The Morgan fingerprint density at radius 1 is 1.00 bits per heavy atom. The fourth-order valence-corrected chi connectivity index (χ4v) is 2.95. The number of aromatic nitrogens is 3. The van der Waals surface area contributed by atoms with Crippen LogP contribution in [0.5, 0.6) is 0 Å². The minimum Gasteiger partial charge on any atom is -0.360 e. The normalized spacial score (nSPS) is 12.0. The minimum atomic E-state index is -0.406. The fourth-order valence-electron chi connectivity index (χ4n) is 2.95. The van der Waals surface area contributed by atoms with Gasteiger partial charge in [0.05, 0.1) is 10.4 Å². The number of nitro groups is 1. The molecule has 27 heavy (non-hydrogen) atoms. The lowest BCUT2D eigenvalue weighted by Crippen LogP contribution is -2.21. The third-order valence-corrected chi connectivity index (χ3v) is 4.40. The summed E-state index contributed by atoms with van der Waals surface area (Å²) in [6, 6.07) is 22.2. The first-order valence-electron chi connectivity index (χ1n) is 8.49. The van der Waals surface area contributed by atoms with Gasteiger partial charge in [-0.25, -0.2) is 4.68 Å². The van der Waals surface area contributed by atoms with Crippen LogP contribution >= 0.6 is 0 Å². The highest BCUT2D eigenvalue weighted by atomic mass is 16.6. The predicted molar refractivity (Wildman–Crippen MR) is 104 cm³/mol. The van der Waals surface area contributed by atoms with Crippen molar-refractivity contribution in [2.75, 3.05) is 5.32 Å². The number of hydrogen-bond acceptors (Lipinski definition) is 5. The molecule has 0 unspecified atom stereocenters. The second-order valence-corrected chi connectivity index (χ2v) is 6.28. The number of nitrogens with zero attached hydrogens (tertiary/aromatic N) is 4. The Bertz CT molecular complexity index is 1090. The molecule has 0 amide bonds. The molecule has 0 saturated heterocycles. The highest BCUT2D eigenvalue weighted by molar-refractivity contribution is 5.74. The molecular formula is C20H17N5O2. The summed E-state index contributed by atoms with van der Waals surface area (Å²) in [7, 11) is 0. The maximum Gasteiger partial charge on any atom is 0.269 e. The molecule has 7 nitrogen and oxygen atoms in total. The quantitative estimate of drug-likeness (QED) is 0.424. The van der Waals surface area contributed by atoms with Crippen LogP contribution in [0.15, 0.2) is 72.8 Å². The van der Waals surface area contributed by atoms with Crippen molar-refractivity contribution < 1.29 is 4.92 Å². The Labute approximate surface area is 155 Å². The molecule has 1 N–H and O–H groups in total. The van der Waals surface area contributed by atoms with E-state index in [0.717, 1.165) is 22.3 Å². The zero-order chi connectivity index (χ0) is 18.8. The summed E-state index contributed by atoms with van der Waals surface area (Å²) in [5.41, 5.74) is 4.64. The van der Waals surface area contributed by atoms with Crippen LogP contribution in [0, 0.1) is 17.0 Å². The summed E-state index contributed by atoms with van der Waals surface area (Å²) in [6.07, 6.45) is -0.360. The van der Waals surface area contributed by atoms with Crippen molar-refractivity contribution in [3.63, 3.8) is 0 Å². The van der Waals surface area contributed by atoms with E-state index < -0.39 is 4.92 Å². The van der Waals surface area contributed by atoms with Gasteiger partial charge in [0.15, 0.2) is 0 Å². The van der Waals surface area contributed by atoms with Gasteiger partial charge in [0.1, 0.15) is 11.7 Å². The number of non-ortho nitro benzene ring substituents is 1. The number of nitro benzene ring substituents is 1. The van der Waals surface area contributed by atoms with E-state index in [9.17, 15) is 10.1 Å². The first kappa shape index (κ1) is 16.7. The Kier molecular flexibility index (Phi) is 4.25. The summed E-state index contributed by atoms with van der Waals surface area (Å²) in [6.45, 7) is 2.03. The molecule has 1 atom stereocenters. The van der Waals surface area contributed by atoms with Crippen LogP contribution in [-0.4, -0.2) is 19.9 Å². The van der Waals surface area contributed by atoms with Crippen LogP contribution in [0.1, 0.15) is 17.3 Å². The van der Waals surface area contributed by atoms with E-state index in [1.54, 1.807) is 16.8 Å². The van der Waals surface area contributed by atoms with Crippen LogP contribution in [0.3, 0.4) is 0 Å². The van der Waals surface area contributed by atoms with Crippen LogP contribution < -0.4 is 5.32 Å². The van der Waals surface area contributed by atoms with Crippen molar-refractivity contribution >= 4 is 22.4 Å². The van der Waals surface area contributed by atoms with Crippen molar-refractivity contribution in [2.45, 2.75) is 13.1 Å². The average molecular weight is 359 g/mol. The van der Waals surface area contributed by atoms with Crippen LogP contribution in [0.2, 0.25) is 0 Å². The number of rotatable bonds is 5. The number of para-hydroxylation sites is 1. The van der Waals surface area contributed by atoms with Crippen molar-refractivity contribution in [2.24, 2.45) is 0 Å². The highest BCUT2D eigenvalue weighted by Gasteiger charge is 2.19. The molecule has 0 aliphatic rings. The average Bonchev–Trinajstić information content (AvgIpc) is 3.11. The third kappa shape index (κ3) is 3.35. The maximum atomic E-state index is 11.0. The number of anilines is 1. The number of fused-ring (bicyclic) bond motifs is 1. The Morgan fingerprint density at radius 3 is 2.41 bits per heavy atom. The Balaban J connectivity index is 1.79. The molecule has 0 aliphatic carbocycles. The van der Waals surface area contributed by atoms with Crippen molar-refractivity contribution in [3.05, 3.63) is 94.0 Å². The van der Waals surface area contributed by atoms with Gasteiger partial charge >= 0.3 is 0 Å². The Morgan fingerprint density at radius 2 is 1.70 bits per heavy atom. The van der Waals surface area contributed by atoms with E-state index in [1.165, 1.54) is 17.7 Å². The third-order valence-electron chi connectivity index (χ3n) is 4.40. The van der Waals surface area contributed by atoms with Gasteiger partial charge in [-0.2, -0.15) is 0 Å². The van der Waals surface area contributed by atoms with Crippen molar-refractivity contribution in [1.82, 2.24) is 15.0 Å². The number of aryl methyl sites for hydroxylation is 1. The molecule has 0 aliphatic heterocycles. The van der Waals surface area contributed by atoms with Gasteiger partial charge in [0.2, 0.25) is 0 Å². The molecule has 3 aromatic carbocycles. The minimum absolute atomic E-state index is 0.0521. The first-order chi connectivity index (χ1) is 13.1. The summed E-state index contributed by atoms with van der Waals surface area (Å²) < 4.78 is 1.79. The standard InChI is InChI=1S/C20H17N5O2/c1-14-6-10-16(11-7-14)21-20(15-8-12-17(13-9-15)25(26)27)24-19-5-3-2-4-18(19)22-23-24/h2-13,20-21H,1H3/t20-/m1/s1. The van der Waals surface area contributed by atoms with E-state index in [0.29, 0.717) is 0 Å². The lowest BCUT2D eigenvalue weighted by Gasteiger charge is -2.21. The first-order valence-corrected chi connectivity index (χ1v) is 8.49. The van der Waals surface area contributed by atoms with Gasteiger partial charge in [0, 0.05) is 17.8 Å². The number of hydrogen-bond donors (Lipinski definition) is 1. The fraction of sp³-hybridized carbons (Fsp3) is 0.100. The van der Waals surface area contributed by atoms with Gasteiger partial charge in [-0.15, -0.1) is 5.10 Å². The number of nitrogens with one attached hydrogen (secondary N) is 1. The zero-order valence-corrected chi connectivity index (χ0v) is 14.6. The molecule has 7 heteroatoms. The molecule has 134 valence electrons. The molecular weight excluding hydrogens is 342 g/mol. The molecule has 0 bridgehead atoms. The predicted octanol–water partition coefficient (Wildman–Crippen LogP) is 4.31. The lowest BCUT2D eigenvalue weighted by molar-refractivity contribution is -0.384. The summed E-state index contributed by atoms with van der Waals surface area (Å²) in [5.74, 6) is 0. The molecule has 4 aromatic rings. The van der Waals surface area contributed by atoms with Crippen molar-refractivity contribution in [1.29, 1.82) is 0 Å². The molecule has 1 heterocycles. The molecule has 0 fully saturated rings. The maximum absolute atomic E-state index is 11.0.